The van der Waals surface area contributed by atoms with Crippen LogP contribution in [0.2, 0.25) is 5.15 Å². The van der Waals surface area contributed by atoms with Crippen LogP contribution in [-0.2, 0) is 0 Å². The summed E-state index contributed by atoms with van der Waals surface area (Å²) in [5, 5.41) is 4.15. The molecule has 0 radical (unpaired) electrons. The van der Waals surface area contributed by atoms with Gasteiger partial charge in [0.2, 0.25) is 0 Å². The Morgan fingerprint density at radius 2 is 2.24 bits per heavy atom. The van der Waals surface area contributed by atoms with Gasteiger partial charge < -0.3 is 5.32 Å². The zero-order valence-corrected chi connectivity index (χ0v) is 11.2. The van der Waals surface area contributed by atoms with Crippen LogP contribution in [0.4, 0.5) is 5.69 Å². The molecule has 1 fully saturated rings. The first-order valence-corrected chi connectivity index (χ1v) is 7.04. The van der Waals surface area contributed by atoms with Crippen LogP contribution < -0.4 is 5.32 Å². The van der Waals surface area contributed by atoms with Gasteiger partial charge in [-0.1, -0.05) is 37.8 Å². The lowest BCUT2D eigenvalue weighted by atomic mass is 9.98. The lowest BCUT2D eigenvalue weighted by molar-refractivity contribution is 0.444. The summed E-state index contributed by atoms with van der Waals surface area (Å²) in [7, 11) is 0. The summed E-state index contributed by atoms with van der Waals surface area (Å²) < 4.78 is 0. The fourth-order valence-corrected chi connectivity index (χ4v) is 2.83. The third-order valence-electron chi connectivity index (χ3n) is 3.76. The van der Waals surface area contributed by atoms with E-state index in [-0.39, 0.29) is 0 Å². The molecular formula is C14H21ClN2. The van der Waals surface area contributed by atoms with Crippen LogP contribution in [0.25, 0.3) is 0 Å². The molecule has 3 heteroatoms. The fourth-order valence-electron chi connectivity index (χ4n) is 2.66. The number of nitrogens with one attached hydrogen (secondary N) is 1. The van der Waals surface area contributed by atoms with E-state index < -0.39 is 0 Å². The van der Waals surface area contributed by atoms with Crippen molar-refractivity contribution in [2.24, 2.45) is 5.92 Å². The average Bonchev–Trinajstić information content (AvgIpc) is 2.54. The third kappa shape index (κ3) is 3.88. The first kappa shape index (κ1) is 12.7. The summed E-state index contributed by atoms with van der Waals surface area (Å²) >= 11 is 5.89. The van der Waals surface area contributed by atoms with E-state index in [1.54, 1.807) is 6.20 Å². The van der Waals surface area contributed by atoms with Crippen molar-refractivity contribution in [2.75, 3.05) is 5.32 Å². The molecule has 1 heterocycles. The molecule has 1 aliphatic carbocycles. The number of pyridine rings is 1. The van der Waals surface area contributed by atoms with Crippen LogP contribution in [0.5, 0.6) is 0 Å². The van der Waals surface area contributed by atoms with Gasteiger partial charge in [-0.25, -0.2) is 4.98 Å². The summed E-state index contributed by atoms with van der Waals surface area (Å²) in [6.45, 7) is 2.31. The quantitative estimate of drug-likeness (QED) is 0.633. The molecule has 94 valence electrons. The highest BCUT2D eigenvalue weighted by Gasteiger charge is 2.17. The maximum Gasteiger partial charge on any atom is 0.131 e. The van der Waals surface area contributed by atoms with Crippen molar-refractivity contribution in [1.82, 2.24) is 4.98 Å². The molecule has 0 bridgehead atoms. The molecular weight excluding hydrogens is 232 g/mol. The molecule has 1 saturated carbocycles. The van der Waals surface area contributed by atoms with E-state index >= 15 is 0 Å². The monoisotopic (exact) mass is 252 g/mol. The van der Waals surface area contributed by atoms with Gasteiger partial charge >= 0.3 is 0 Å². The molecule has 2 rings (SSSR count). The zero-order valence-electron chi connectivity index (χ0n) is 10.5. The molecule has 0 spiro atoms. The van der Waals surface area contributed by atoms with Crippen LogP contribution in [0, 0.1) is 5.92 Å². The number of anilines is 1. The van der Waals surface area contributed by atoms with Crippen LogP contribution in [0.3, 0.4) is 0 Å². The van der Waals surface area contributed by atoms with Gasteiger partial charge in [-0.3, -0.25) is 0 Å². The number of halogens is 1. The van der Waals surface area contributed by atoms with E-state index in [1.807, 2.05) is 12.1 Å². The van der Waals surface area contributed by atoms with E-state index in [2.05, 4.69) is 17.2 Å². The molecule has 1 aromatic heterocycles. The van der Waals surface area contributed by atoms with Crippen molar-refractivity contribution >= 4 is 17.3 Å². The van der Waals surface area contributed by atoms with Crippen molar-refractivity contribution < 1.29 is 0 Å². The number of hydrogen-bond donors (Lipinski definition) is 1. The minimum absolute atomic E-state index is 0.565. The Morgan fingerprint density at radius 3 is 3.00 bits per heavy atom. The Kier molecular flexibility index (Phi) is 4.66. The molecule has 2 nitrogen and oxygen atoms in total. The zero-order chi connectivity index (χ0) is 12.1. The highest BCUT2D eigenvalue weighted by Crippen LogP contribution is 2.27. The Morgan fingerprint density at radius 1 is 1.35 bits per heavy atom. The van der Waals surface area contributed by atoms with E-state index in [1.165, 1.54) is 38.5 Å². The molecule has 17 heavy (non-hydrogen) atoms. The fraction of sp³-hybridized carbons (Fsp3) is 0.643. The second kappa shape index (κ2) is 6.25. The van der Waals surface area contributed by atoms with Crippen molar-refractivity contribution in [2.45, 2.75) is 51.5 Å². The molecule has 0 aliphatic heterocycles. The number of nitrogens with zero attached hydrogens (tertiary/aromatic N) is 1. The molecule has 2 unspecified atom stereocenters. The summed E-state index contributed by atoms with van der Waals surface area (Å²) in [4.78, 5) is 4.00. The molecule has 1 aromatic rings. The van der Waals surface area contributed by atoms with Gasteiger partial charge in [0.1, 0.15) is 5.15 Å². The van der Waals surface area contributed by atoms with E-state index in [9.17, 15) is 0 Å². The molecule has 1 aliphatic rings. The van der Waals surface area contributed by atoms with Gasteiger partial charge in [0.25, 0.3) is 0 Å². The summed E-state index contributed by atoms with van der Waals surface area (Å²) in [6.07, 6.45) is 9.73. The van der Waals surface area contributed by atoms with Gasteiger partial charge in [-0.2, -0.15) is 0 Å². The van der Waals surface area contributed by atoms with Gasteiger partial charge in [0.05, 0.1) is 0 Å². The number of aromatic nitrogens is 1. The third-order valence-corrected chi connectivity index (χ3v) is 3.97. The van der Waals surface area contributed by atoms with Crippen LogP contribution in [-0.4, -0.2) is 11.0 Å². The topological polar surface area (TPSA) is 24.9 Å². The maximum absolute atomic E-state index is 5.89. The van der Waals surface area contributed by atoms with Crippen molar-refractivity contribution in [3.63, 3.8) is 0 Å². The highest BCUT2D eigenvalue weighted by molar-refractivity contribution is 6.29. The van der Waals surface area contributed by atoms with Crippen molar-refractivity contribution in [3.8, 4) is 0 Å². The Balaban J connectivity index is 1.90. The number of hydrogen-bond acceptors (Lipinski definition) is 2. The predicted octanol–water partition coefficient (Wildman–Crippen LogP) is 4.51. The van der Waals surface area contributed by atoms with Crippen LogP contribution >= 0.6 is 11.6 Å². The van der Waals surface area contributed by atoms with Crippen LogP contribution in [0.15, 0.2) is 18.3 Å². The van der Waals surface area contributed by atoms with Gasteiger partial charge in [-0.15, -0.1) is 0 Å². The SMILES string of the molecule is CCC1CCCC(Nc2ccnc(Cl)c2)CC1. The minimum atomic E-state index is 0.565. The predicted molar refractivity (Wildman–Crippen MR) is 73.5 cm³/mol. The molecule has 1 N–H and O–H groups in total. The number of rotatable bonds is 3. The highest BCUT2D eigenvalue weighted by atomic mass is 35.5. The standard InChI is InChI=1S/C14H21ClN2/c1-2-11-4-3-5-12(7-6-11)17-13-8-9-16-14(15)10-13/h8-12H,2-7H2,1H3,(H,16,17). The first-order valence-electron chi connectivity index (χ1n) is 6.66. The van der Waals surface area contributed by atoms with E-state index in [4.69, 9.17) is 11.6 Å². The summed E-state index contributed by atoms with van der Waals surface area (Å²) in [5.41, 5.74) is 1.10. The molecule has 2 atom stereocenters. The summed E-state index contributed by atoms with van der Waals surface area (Å²) in [5.74, 6) is 0.933. The lowest BCUT2D eigenvalue weighted by Crippen LogP contribution is -2.18. The summed E-state index contributed by atoms with van der Waals surface area (Å²) in [6, 6.07) is 4.50. The largest absolute Gasteiger partial charge is 0.382 e. The second-order valence-electron chi connectivity index (χ2n) is 4.99. The lowest BCUT2D eigenvalue weighted by Gasteiger charge is -2.18. The van der Waals surface area contributed by atoms with E-state index in [0.29, 0.717) is 11.2 Å². The van der Waals surface area contributed by atoms with Crippen LogP contribution in [0.1, 0.15) is 45.4 Å². The molecule has 0 amide bonds. The maximum atomic E-state index is 5.89. The normalized spacial score (nSPS) is 25.3. The van der Waals surface area contributed by atoms with Crippen molar-refractivity contribution in [3.05, 3.63) is 23.5 Å². The smallest absolute Gasteiger partial charge is 0.131 e. The molecule has 0 aromatic carbocycles. The Hall–Kier alpha value is -0.760. The second-order valence-corrected chi connectivity index (χ2v) is 5.38. The Labute approximate surface area is 109 Å². The average molecular weight is 253 g/mol. The van der Waals surface area contributed by atoms with Crippen molar-refractivity contribution in [1.29, 1.82) is 0 Å². The Bertz CT molecular complexity index is 354. The van der Waals surface area contributed by atoms with E-state index in [0.717, 1.165) is 11.6 Å². The molecule has 0 saturated heterocycles. The van der Waals surface area contributed by atoms with Gasteiger partial charge in [-0.05, 0) is 37.3 Å². The van der Waals surface area contributed by atoms with Gasteiger partial charge in [0.15, 0.2) is 0 Å². The minimum Gasteiger partial charge on any atom is -0.382 e. The first-order chi connectivity index (χ1) is 8.28. The van der Waals surface area contributed by atoms with Gasteiger partial charge in [0, 0.05) is 17.9 Å².